The van der Waals surface area contributed by atoms with E-state index < -0.39 is 22.0 Å². The summed E-state index contributed by atoms with van der Waals surface area (Å²) in [6.07, 6.45) is 1.48. The number of rotatable bonds is 5. The largest absolute Gasteiger partial charge is 0.468 e. The maximum atomic E-state index is 13.0. The van der Waals surface area contributed by atoms with Gasteiger partial charge in [0.1, 0.15) is 22.0 Å². The number of hydrogen-bond acceptors (Lipinski definition) is 7. The number of fused-ring (bicyclic) bond motifs is 1. The predicted molar refractivity (Wildman–Crippen MR) is 80.9 cm³/mol. The SMILES string of the molecule is COC(=O)[C@H](C)N(C1CC1)S(=O)(=O)c1cccc2nsnc12. The Kier molecular flexibility index (Phi) is 3.87. The summed E-state index contributed by atoms with van der Waals surface area (Å²) in [7, 11) is -2.60. The molecule has 0 N–H and O–H groups in total. The smallest absolute Gasteiger partial charge is 0.323 e. The van der Waals surface area contributed by atoms with Gasteiger partial charge in [-0.1, -0.05) is 6.07 Å². The molecule has 0 radical (unpaired) electrons. The van der Waals surface area contributed by atoms with Gasteiger partial charge < -0.3 is 4.74 Å². The quantitative estimate of drug-likeness (QED) is 0.764. The second-order valence-electron chi connectivity index (χ2n) is 5.15. The third kappa shape index (κ3) is 2.49. The van der Waals surface area contributed by atoms with Crippen LogP contribution < -0.4 is 0 Å². The second-order valence-corrected chi connectivity index (χ2v) is 7.49. The summed E-state index contributed by atoms with van der Waals surface area (Å²) < 4.78 is 40.2. The number of benzene rings is 1. The Balaban J connectivity index is 2.10. The monoisotopic (exact) mass is 341 g/mol. The van der Waals surface area contributed by atoms with Crippen LogP contribution >= 0.6 is 11.7 Å². The molecule has 0 bridgehead atoms. The molecule has 22 heavy (non-hydrogen) atoms. The van der Waals surface area contributed by atoms with Crippen molar-refractivity contribution in [2.24, 2.45) is 0 Å². The van der Waals surface area contributed by atoms with E-state index in [0.29, 0.717) is 11.0 Å². The van der Waals surface area contributed by atoms with Gasteiger partial charge in [-0.3, -0.25) is 4.79 Å². The molecule has 0 unspecified atom stereocenters. The number of carbonyl (C=O) groups is 1. The number of esters is 1. The standard InChI is InChI=1S/C13H15N3O4S2/c1-8(13(17)20-2)16(9-6-7-9)22(18,19)11-5-3-4-10-12(11)15-21-14-10/h3-5,8-9H,6-7H2,1-2H3/t8-/m0/s1. The zero-order chi connectivity index (χ0) is 15.9. The Morgan fingerprint density at radius 3 is 2.77 bits per heavy atom. The van der Waals surface area contributed by atoms with Crippen molar-refractivity contribution in [1.29, 1.82) is 0 Å². The third-order valence-corrected chi connectivity index (χ3v) is 6.23. The number of ether oxygens (including phenoxy) is 1. The first-order valence-electron chi connectivity index (χ1n) is 6.79. The lowest BCUT2D eigenvalue weighted by Crippen LogP contribution is -2.45. The molecule has 118 valence electrons. The van der Waals surface area contributed by atoms with Gasteiger partial charge >= 0.3 is 5.97 Å². The molecule has 1 atom stereocenters. The molecule has 1 fully saturated rings. The van der Waals surface area contributed by atoms with E-state index in [4.69, 9.17) is 4.74 Å². The molecule has 1 saturated carbocycles. The molecular formula is C13H15N3O4S2. The number of methoxy groups -OCH3 is 1. The molecule has 7 nitrogen and oxygen atoms in total. The van der Waals surface area contributed by atoms with Gasteiger partial charge in [0.25, 0.3) is 0 Å². The first-order valence-corrected chi connectivity index (χ1v) is 8.96. The minimum atomic E-state index is -3.85. The van der Waals surface area contributed by atoms with E-state index in [9.17, 15) is 13.2 Å². The molecule has 3 rings (SSSR count). The molecule has 0 amide bonds. The van der Waals surface area contributed by atoms with Crippen LogP contribution in [0.25, 0.3) is 11.0 Å². The Morgan fingerprint density at radius 2 is 2.14 bits per heavy atom. The summed E-state index contributed by atoms with van der Waals surface area (Å²) in [6, 6.07) is 3.80. The predicted octanol–water partition coefficient (Wildman–Crippen LogP) is 1.41. The number of aromatic nitrogens is 2. The molecule has 0 spiro atoms. The van der Waals surface area contributed by atoms with Crippen molar-refractivity contribution < 1.29 is 17.9 Å². The summed E-state index contributed by atoms with van der Waals surface area (Å²) in [5, 5.41) is 0. The van der Waals surface area contributed by atoms with Crippen LogP contribution in [0, 0.1) is 0 Å². The molecule has 0 aliphatic heterocycles. The maximum absolute atomic E-state index is 13.0. The maximum Gasteiger partial charge on any atom is 0.323 e. The zero-order valence-electron chi connectivity index (χ0n) is 12.1. The van der Waals surface area contributed by atoms with E-state index in [-0.39, 0.29) is 10.9 Å². The van der Waals surface area contributed by atoms with Crippen LogP contribution in [0.1, 0.15) is 19.8 Å². The van der Waals surface area contributed by atoms with Crippen molar-refractivity contribution >= 4 is 38.8 Å². The minimum Gasteiger partial charge on any atom is -0.468 e. The molecule has 1 aliphatic rings. The normalized spacial score (nSPS) is 16.9. The summed E-state index contributed by atoms with van der Waals surface area (Å²) in [5.74, 6) is -0.570. The second kappa shape index (κ2) is 5.56. The highest BCUT2D eigenvalue weighted by molar-refractivity contribution is 7.89. The summed E-state index contributed by atoms with van der Waals surface area (Å²) in [6.45, 7) is 1.54. The number of sulfonamides is 1. The van der Waals surface area contributed by atoms with E-state index in [2.05, 4.69) is 8.75 Å². The van der Waals surface area contributed by atoms with Gasteiger partial charge in [0.15, 0.2) is 0 Å². The van der Waals surface area contributed by atoms with Gasteiger partial charge in [0, 0.05) is 6.04 Å². The number of hydrogen-bond donors (Lipinski definition) is 0. The fraction of sp³-hybridized carbons (Fsp3) is 0.462. The van der Waals surface area contributed by atoms with Gasteiger partial charge in [0.05, 0.1) is 18.8 Å². The van der Waals surface area contributed by atoms with E-state index >= 15 is 0 Å². The zero-order valence-corrected chi connectivity index (χ0v) is 13.7. The Labute approximate surface area is 132 Å². The molecule has 2 aromatic rings. The van der Waals surface area contributed by atoms with E-state index in [1.807, 2.05) is 0 Å². The lowest BCUT2D eigenvalue weighted by Gasteiger charge is -2.26. The highest BCUT2D eigenvalue weighted by Gasteiger charge is 2.44. The van der Waals surface area contributed by atoms with E-state index in [1.165, 1.54) is 17.5 Å². The van der Waals surface area contributed by atoms with Crippen LogP contribution in [0.3, 0.4) is 0 Å². The molecule has 1 aromatic carbocycles. The molecule has 0 saturated heterocycles. The fourth-order valence-corrected chi connectivity index (χ4v) is 5.01. The Bertz CT molecular complexity index is 814. The average Bonchev–Trinajstić information content (AvgIpc) is 3.20. The van der Waals surface area contributed by atoms with Gasteiger partial charge in [0.2, 0.25) is 10.0 Å². The Hall–Kier alpha value is -1.58. The molecular weight excluding hydrogens is 326 g/mol. The van der Waals surface area contributed by atoms with E-state index in [1.54, 1.807) is 19.1 Å². The lowest BCUT2D eigenvalue weighted by molar-refractivity contribution is -0.144. The van der Waals surface area contributed by atoms with Crippen molar-refractivity contribution in [1.82, 2.24) is 13.1 Å². The summed E-state index contributed by atoms with van der Waals surface area (Å²) >= 11 is 0.963. The fourth-order valence-electron chi connectivity index (χ4n) is 2.43. The van der Waals surface area contributed by atoms with Crippen molar-refractivity contribution in [3.8, 4) is 0 Å². The lowest BCUT2D eigenvalue weighted by atomic mass is 10.3. The molecule has 9 heteroatoms. The minimum absolute atomic E-state index is 0.0846. The highest BCUT2D eigenvalue weighted by Crippen LogP contribution is 2.35. The van der Waals surface area contributed by atoms with Gasteiger partial charge in [-0.15, -0.1) is 0 Å². The van der Waals surface area contributed by atoms with Crippen molar-refractivity contribution in [3.05, 3.63) is 18.2 Å². The molecule has 1 aromatic heterocycles. The van der Waals surface area contributed by atoms with Gasteiger partial charge in [-0.25, -0.2) is 8.42 Å². The summed E-state index contributed by atoms with van der Waals surface area (Å²) in [4.78, 5) is 11.9. The van der Waals surface area contributed by atoms with Gasteiger partial charge in [-0.05, 0) is 31.9 Å². The molecule has 1 aliphatic carbocycles. The summed E-state index contributed by atoms with van der Waals surface area (Å²) in [5.41, 5.74) is 0.878. The van der Waals surface area contributed by atoms with Crippen LogP contribution in [-0.4, -0.2) is 46.6 Å². The van der Waals surface area contributed by atoms with Crippen LogP contribution in [0.2, 0.25) is 0 Å². The van der Waals surface area contributed by atoms with Crippen LogP contribution in [0.4, 0.5) is 0 Å². The van der Waals surface area contributed by atoms with Crippen LogP contribution in [0.15, 0.2) is 23.1 Å². The highest BCUT2D eigenvalue weighted by atomic mass is 32.2. The third-order valence-electron chi connectivity index (χ3n) is 3.64. The van der Waals surface area contributed by atoms with E-state index in [0.717, 1.165) is 24.6 Å². The van der Waals surface area contributed by atoms with Crippen molar-refractivity contribution in [2.75, 3.05) is 7.11 Å². The molecule has 1 heterocycles. The van der Waals surface area contributed by atoms with Crippen LogP contribution in [0.5, 0.6) is 0 Å². The average molecular weight is 341 g/mol. The van der Waals surface area contributed by atoms with Crippen LogP contribution in [-0.2, 0) is 19.6 Å². The Morgan fingerprint density at radius 1 is 1.41 bits per heavy atom. The van der Waals surface area contributed by atoms with Gasteiger partial charge in [-0.2, -0.15) is 13.1 Å². The van der Waals surface area contributed by atoms with Crippen molar-refractivity contribution in [3.63, 3.8) is 0 Å². The first-order chi connectivity index (χ1) is 10.5. The first kappa shape index (κ1) is 15.3. The topological polar surface area (TPSA) is 89.5 Å². The number of carbonyl (C=O) groups excluding carboxylic acids is 1. The van der Waals surface area contributed by atoms with Crippen molar-refractivity contribution in [2.45, 2.75) is 36.7 Å². The number of nitrogens with zero attached hydrogens (tertiary/aromatic N) is 3.